The summed E-state index contributed by atoms with van der Waals surface area (Å²) in [5, 5.41) is 9.54. The van der Waals surface area contributed by atoms with Crippen molar-refractivity contribution in [3.8, 4) is 5.75 Å². The molecule has 7 nitrogen and oxygen atoms in total. The molecule has 0 saturated carbocycles. The van der Waals surface area contributed by atoms with Crippen LogP contribution < -0.4 is 21.5 Å². The van der Waals surface area contributed by atoms with E-state index in [1.807, 2.05) is 56.3 Å². The van der Waals surface area contributed by atoms with Gasteiger partial charge in [0.15, 0.2) is 0 Å². The fourth-order valence-electron chi connectivity index (χ4n) is 3.68. The fourth-order valence-corrected chi connectivity index (χ4v) is 3.68. The van der Waals surface area contributed by atoms with Gasteiger partial charge >= 0.3 is 0 Å². The molecule has 3 aromatic carbocycles. The molecule has 32 heavy (non-hydrogen) atoms. The molecule has 0 fully saturated rings. The highest BCUT2D eigenvalue weighted by Gasteiger charge is 2.35. The molecule has 3 aromatic rings. The van der Waals surface area contributed by atoms with Gasteiger partial charge in [0.1, 0.15) is 5.75 Å². The third-order valence-electron chi connectivity index (χ3n) is 5.61. The number of hydrogen-bond donors (Lipinski definition) is 4. The Morgan fingerprint density at radius 2 is 1.72 bits per heavy atom. The van der Waals surface area contributed by atoms with Crippen molar-refractivity contribution in [2.24, 2.45) is 0 Å². The third kappa shape index (κ3) is 3.65. The minimum atomic E-state index is -0.443. The maximum Gasteiger partial charge on any atom is 0.269 e. The Hall–Kier alpha value is -4.26. The van der Waals surface area contributed by atoms with Gasteiger partial charge in [0, 0.05) is 22.5 Å². The molecule has 5 N–H and O–H groups in total. The van der Waals surface area contributed by atoms with Gasteiger partial charge < -0.3 is 16.3 Å². The maximum atomic E-state index is 13.5. The number of amides is 2. The summed E-state index contributed by atoms with van der Waals surface area (Å²) in [6.07, 6.45) is 0. The first-order chi connectivity index (χ1) is 15.3. The second-order valence-corrected chi connectivity index (χ2v) is 7.78. The van der Waals surface area contributed by atoms with Crippen LogP contribution in [0.15, 0.2) is 66.4 Å². The molecule has 7 heteroatoms. The third-order valence-corrected chi connectivity index (χ3v) is 5.61. The van der Waals surface area contributed by atoms with Gasteiger partial charge in [0.25, 0.3) is 11.8 Å². The van der Waals surface area contributed by atoms with Crippen molar-refractivity contribution < 1.29 is 14.7 Å². The molecule has 1 heterocycles. The number of fused-ring (bicyclic) bond motifs is 1. The fraction of sp³-hybridized carbons (Fsp3) is 0.120. The number of para-hydroxylation sites is 1. The SMILES string of the molecule is CC(NNC(=O)c1ccc(O)c(N)c1)=C1C(=O)N(c2ccc(C)c(C)c2)c2ccccc21. The predicted molar refractivity (Wildman–Crippen MR) is 125 cm³/mol. The van der Waals surface area contributed by atoms with E-state index >= 15 is 0 Å². The lowest BCUT2D eigenvalue weighted by Crippen LogP contribution is -2.37. The van der Waals surface area contributed by atoms with Crippen LogP contribution in [0.2, 0.25) is 0 Å². The summed E-state index contributed by atoms with van der Waals surface area (Å²) < 4.78 is 0. The molecule has 162 valence electrons. The maximum absolute atomic E-state index is 13.5. The minimum absolute atomic E-state index is 0.0904. The highest BCUT2D eigenvalue weighted by Crippen LogP contribution is 2.42. The van der Waals surface area contributed by atoms with E-state index in [0.717, 1.165) is 28.1 Å². The first-order valence-electron chi connectivity index (χ1n) is 10.1. The largest absolute Gasteiger partial charge is 0.506 e. The number of anilines is 3. The Morgan fingerprint density at radius 1 is 0.969 bits per heavy atom. The van der Waals surface area contributed by atoms with Crippen molar-refractivity contribution in [1.29, 1.82) is 0 Å². The van der Waals surface area contributed by atoms with Crippen LogP contribution in [0.5, 0.6) is 5.75 Å². The zero-order valence-corrected chi connectivity index (χ0v) is 18.1. The van der Waals surface area contributed by atoms with Crippen LogP contribution in [0.25, 0.3) is 5.57 Å². The first kappa shape index (κ1) is 21.0. The number of hydrazine groups is 1. The average Bonchev–Trinajstić information content (AvgIpc) is 3.07. The molecule has 0 bridgehead atoms. The Balaban J connectivity index is 1.64. The van der Waals surface area contributed by atoms with Crippen molar-refractivity contribution in [3.63, 3.8) is 0 Å². The second kappa shape index (κ2) is 8.11. The van der Waals surface area contributed by atoms with E-state index in [9.17, 15) is 14.7 Å². The molecule has 0 atom stereocenters. The Bertz CT molecular complexity index is 1280. The van der Waals surface area contributed by atoms with Gasteiger partial charge in [0.2, 0.25) is 0 Å². The number of carbonyl (C=O) groups excluding carboxylic acids is 2. The van der Waals surface area contributed by atoms with E-state index in [1.54, 1.807) is 11.8 Å². The van der Waals surface area contributed by atoms with Crippen LogP contribution in [0, 0.1) is 13.8 Å². The zero-order valence-electron chi connectivity index (χ0n) is 18.1. The lowest BCUT2D eigenvalue weighted by atomic mass is 10.1. The van der Waals surface area contributed by atoms with Gasteiger partial charge in [-0.25, -0.2) is 0 Å². The number of allylic oxidation sites excluding steroid dienone is 1. The van der Waals surface area contributed by atoms with Crippen molar-refractivity contribution in [2.75, 3.05) is 10.6 Å². The number of nitrogens with zero attached hydrogens (tertiary/aromatic N) is 1. The van der Waals surface area contributed by atoms with Gasteiger partial charge in [-0.2, -0.15) is 0 Å². The number of nitrogens with one attached hydrogen (secondary N) is 2. The number of hydrogen-bond acceptors (Lipinski definition) is 5. The van der Waals surface area contributed by atoms with E-state index < -0.39 is 5.91 Å². The van der Waals surface area contributed by atoms with Crippen molar-refractivity contribution in [2.45, 2.75) is 20.8 Å². The summed E-state index contributed by atoms with van der Waals surface area (Å²) in [7, 11) is 0. The van der Waals surface area contributed by atoms with Crippen molar-refractivity contribution in [3.05, 3.63) is 88.6 Å². The van der Waals surface area contributed by atoms with Crippen LogP contribution in [0.3, 0.4) is 0 Å². The number of aryl methyl sites for hydroxylation is 2. The van der Waals surface area contributed by atoms with E-state index in [4.69, 9.17) is 5.73 Å². The zero-order chi connectivity index (χ0) is 23.0. The molecular formula is C25H24N4O3. The highest BCUT2D eigenvalue weighted by molar-refractivity contribution is 6.35. The molecule has 4 rings (SSSR count). The van der Waals surface area contributed by atoms with Crippen molar-refractivity contribution in [1.82, 2.24) is 10.9 Å². The van der Waals surface area contributed by atoms with E-state index in [1.165, 1.54) is 18.2 Å². The topological polar surface area (TPSA) is 108 Å². The van der Waals surface area contributed by atoms with Crippen LogP contribution in [-0.4, -0.2) is 16.9 Å². The average molecular weight is 428 g/mol. The monoisotopic (exact) mass is 428 g/mol. The molecule has 0 saturated heterocycles. The summed E-state index contributed by atoms with van der Waals surface area (Å²) in [5.41, 5.74) is 17.1. The highest BCUT2D eigenvalue weighted by atomic mass is 16.3. The number of nitrogen functional groups attached to an aromatic ring is 1. The first-order valence-corrected chi connectivity index (χ1v) is 10.1. The minimum Gasteiger partial charge on any atom is -0.506 e. The van der Waals surface area contributed by atoms with Crippen LogP contribution in [0.1, 0.15) is 34.0 Å². The van der Waals surface area contributed by atoms with Gasteiger partial charge in [-0.1, -0.05) is 24.3 Å². The molecule has 0 spiro atoms. The standard InChI is InChI=1S/C25H24N4O3/c1-14-8-10-18(12-15(14)2)29-21-7-5-4-6-19(21)23(25(29)32)16(3)27-28-24(31)17-9-11-22(30)20(26)13-17/h4-13,27,30H,26H2,1-3H3,(H,28,31). The molecule has 0 aliphatic carbocycles. The van der Waals surface area contributed by atoms with Gasteiger partial charge in [-0.15, -0.1) is 0 Å². The van der Waals surface area contributed by atoms with Gasteiger partial charge in [-0.3, -0.25) is 19.9 Å². The number of carbonyl (C=O) groups is 2. The normalized spacial score (nSPS) is 14.2. The molecule has 0 radical (unpaired) electrons. The van der Waals surface area contributed by atoms with E-state index in [2.05, 4.69) is 10.9 Å². The quantitative estimate of drug-likeness (QED) is 0.218. The number of benzene rings is 3. The van der Waals surface area contributed by atoms with E-state index in [0.29, 0.717) is 11.3 Å². The molecule has 1 aliphatic heterocycles. The summed E-state index contributed by atoms with van der Waals surface area (Å²) in [5.74, 6) is -0.712. The van der Waals surface area contributed by atoms with Crippen LogP contribution >= 0.6 is 0 Å². The summed E-state index contributed by atoms with van der Waals surface area (Å²) in [6.45, 7) is 5.78. The van der Waals surface area contributed by atoms with E-state index in [-0.39, 0.29) is 22.9 Å². The predicted octanol–water partition coefficient (Wildman–Crippen LogP) is 3.94. The molecule has 1 aliphatic rings. The molecule has 2 amide bonds. The smallest absolute Gasteiger partial charge is 0.269 e. The number of nitrogens with two attached hydrogens (primary N) is 1. The number of phenols is 1. The molecular weight excluding hydrogens is 404 g/mol. The number of phenolic OH excluding ortho intramolecular Hbond substituents is 1. The Morgan fingerprint density at radius 3 is 2.44 bits per heavy atom. The lowest BCUT2D eigenvalue weighted by molar-refractivity contribution is -0.112. The van der Waals surface area contributed by atoms with Gasteiger partial charge in [-0.05, 0) is 68.3 Å². The van der Waals surface area contributed by atoms with Crippen molar-refractivity contribution >= 4 is 34.4 Å². The molecule has 0 unspecified atom stereocenters. The Labute approximate surface area is 186 Å². The molecule has 0 aromatic heterocycles. The number of rotatable bonds is 4. The second-order valence-electron chi connectivity index (χ2n) is 7.78. The number of aromatic hydroxyl groups is 1. The van der Waals surface area contributed by atoms with Crippen LogP contribution in [0.4, 0.5) is 17.1 Å². The van der Waals surface area contributed by atoms with Crippen LogP contribution in [-0.2, 0) is 4.79 Å². The summed E-state index contributed by atoms with van der Waals surface area (Å²) in [6, 6.07) is 17.7. The summed E-state index contributed by atoms with van der Waals surface area (Å²) >= 11 is 0. The summed E-state index contributed by atoms with van der Waals surface area (Å²) in [4.78, 5) is 27.6. The lowest BCUT2D eigenvalue weighted by Gasteiger charge is -2.18. The van der Waals surface area contributed by atoms with Gasteiger partial charge in [0.05, 0.1) is 16.9 Å². The Kier molecular flexibility index (Phi) is 5.32.